The first-order valence-corrected chi connectivity index (χ1v) is 7.51. The van der Waals surface area contributed by atoms with Gasteiger partial charge in [-0.05, 0) is 42.0 Å². The molecule has 1 aromatic rings. The van der Waals surface area contributed by atoms with Gasteiger partial charge in [0.2, 0.25) is 0 Å². The number of nitrogens with zero attached hydrogens (tertiary/aromatic N) is 3. The van der Waals surface area contributed by atoms with Gasteiger partial charge in [0.1, 0.15) is 5.54 Å². The van der Waals surface area contributed by atoms with E-state index in [9.17, 15) is 4.79 Å². The number of hydrogen-bond acceptors (Lipinski definition) is 2. The van der Waals surface area contributed by atoms with Crippen molar-refractivity contribution in [2.24, 2.45) is 4.99 Å². The average molecular weight is 291 g/mol. The largest absolute Gasteiger partial charge is 0.373 e. The summed E-state index contributed by atoms with van der Waals surface area (Å²) in [7, 11) is 0. The summed E-state index contributed by atoms with van der Waals surface area (Å²) in [4.78, 5) is 20.0. The lowest BCUT2D eigenvalue weighted by molar-refractivity contribution is 0.200. The highest BCUT2D eigenvalue weighted by Gasteiger charge is 2.41. The summed E-state index contributed by atoms with van der Waals surface area (Å²) in [6, 6.07) is 8.33. The minimum atomic E-state index is -0.398. The number of fused-ring (bicyclic) bond motifs is 2. The van der Waals surface area contributed by atoms with Crippen molar-refractivity contribution in [3.63, 3.8) is 0 Å². The lowest BCUT2D eigenvalue weighted by Crippen LogP contribution is -2.47. The standard InChI is InChI=1S/C18H17N3O/c22-17-19-14-18-7-10-20(11-8-18)13-16-6-3-5-15(12-16)4-1-2-9-21(17)18/h1-7,9-10,12,14H,8,11,13H2/b4-1-,9-2-. The Morgan fingerprint density at radius 3 is 3.00 bits per heavy atom. The molecular formula is C18H17N3O. The predicted molar refractivity (Wildman–Crippen MR) is 87.2 cm³/mol. The van der Waals surface area contributed by atoms with Crippen LogP contribution < -0.4 is 0 Å². The lowest BCUT2D eigenvalue weighted by Gasteiger charge is -2.37. The van der Waals surface area contributed by atoms with E-state index in [4.69, 9.17) is 0 Å². The van der Waals surface area contributed by atoms with Crippen molar-refractivity contribution in [3.8, 4) is 0 Å². The molecule has 0 radical (unpaired) electrons. The van der Waals surface area contributed by atoms with E-state index in [1.807, 2.05) is 18.4 Å². The Balaban J connectivity index is 1.77. The fourth-order valence-electron chi connectivity index (χ4n) is 3.16. The van der Waals surface area contributed by atoms with Crippen molar-refractivity contribution in [1.82, 2.24) is 9.80 Å². The van der Waals surface area contributed by atoms with Crippen molar-refractivity contribution >= 4 is 18.3 Å². The van der Waals surface area contributed by atoms with Crippen LogP contribution in [0.2, 0.25) is 0 Å². The van der Waals surface area contributed by atoms with Crippen LogP contribution in [0.15, 0.2) is 59.9 Å². The topological polar surface area (TPSA) is 35.9 Å². The van der Waals surface area contributed by atoms with Gasteiger partial charge in [0.05, 0.1) is 0 Å². The third kappa shape index (κ3) is 2.17. The normalized spacial score (nSPS) is 28.8. The molecule has 1 aromatic carbocycles. The van der Waals surface area contributed by atoms with Gasteiger partial charge in [-0.1, -0.05) is 30.4 Å². The lowest BCUT2D eigenvalue weighted by atomic mass is 9.92. The Labute approximate surface area is 129 Å². The number of carbonyl (C=O) groups excluding carboxylic acids is 1. The summed E-state index contributed by atoms with van der Waals surface area (Å²) in [6.45, 7) is 1.78. The zero-order chi connectivity index (χ0) is 15.0. The molecule has 4 aliphatic rings. The highest BCUT2D eigenvalue weighted by molar-refractivity contribution is 5.98. The van der Waals surface area contributed by atoms with Crippen molar-refractivity contribution in [2.75, 3.05) is 6.54 Å². The average Bonchev–Trinajstić information content (AvgIpc) is 2.83. The molecule has 1 atom stereocenters. The first kappa shape index (κ1) is 13.1. The maximum Gasteiger partial charge on any atom is 0.348 e. The quantitative estimate of drug-likeness (QED) is 0.736. The Morgan fingerprint density at radius 1 is 1.18 bits per heavy atom. The Morgan fingerprint density at radius 2 is 2.14 bits per heavy atom. The van der Waals surface area contributed by atoms with E-state index < -0.39 is 5.54 Å². The van der Waals surface area contributed by atoms with Crippen LogP contribution in [0.4, 0.5) is 4.79 Å². The summed E-state index contributed by atoms with van der Waals surface area (Å²) in [5.41, 5.74) is 2.06. The first-order valence-electron chi connectivity index (χ1n) is 7.51. The molecule has 4 heterocycles. The molecule has 4 nitrogen and oxygen atoms in total. The number of carbonyl (C=O) groups is 1. The maximum atomic E-state index is 12.0. The SMILES string of the molecule is O=C1N=CC23C=CN(CC2)Cc2cccc(c2)/C=C\C=C/N13. The summed E-state index contributed by atoms with van der Waals surface area (Å²) in [6.07, 6.45) is 14.5. The second kappa shape index (κ2) is 4.98. The minimum Gasteiger partial charge on any atom is -0.373 e. The highest BCUT2D eigenvalue weighted by atomic mass is 16.2. The van der Waals surface area contributed by atoms with Gasteiger partial charge in [-0.25, -0.2) is 9.79 Å². The number of amides is 2. The van der Waals surface area contributed by atoms with E-state index in [0.717, 1.165) is 19.5 Å². The van der Waals surface area contributed by atoms with E-state index in [0.29, 0.717) is 0 Å². The molecule has 4 aliphatic heterocycles. The zero-order valence-corrected chi connectivity index (χ0v) is 12.2. The molecule has 0 aromatic heterocycles. The minimum absolute atomic E-state index is 0.196. The Bertz CT molecular complexity index is 732. The Kier molecular flexibility index (Phi) is 2.96. The van der Waals surface area contributed by atoms with Crippen molar-refractivity contribution in [1.29, 1.82) is 0 Å². The van der Waals surface area contributed by atoms with E-state index in [2.05, 4.69) is 52.5 Å². The van der Waals surface area contributed by atoms with Gasteiger partial charge in [0.25, 0.3) is 0 Å². The zero-order valence-electron chi connectivity index (χ0n) is 12.2. The maximum absolute atomic E-state index is 12.0. The van der Waals surface area contributed by atoms with Crippen LogP contribution in [0.25, 0.3) is 6.08 Å². The molecule has 1 spiro atoms. The summed E-state index contributed by atoms with van der Waals surface area (Å²) >= 11 is 0. The molecule has 0 saturated heterocycles. The van der Waals surface area contributed by atoms with Gasteiger partial charge in [0, 0.05) is 25.5 Å². The molecular weight excluding hydrogens is 274 g/mol. The third-order valence-electron chi connectivity index (χ3n) is 4.40. The number of hydrogen-bond donors (Lipinski definition) is 0. The first-order chi connectivity index (χ1) is 10.8. The summed E-state index contributed by atoms with van der Waals surface area (Å²) < 4.78 is 0. The predicted octanol–water partition coefficient (Wildman–Crippen LogP) is 3.19. The van der Waals surface area contributed by atoms with Crippen molar-refractivity contribution in [2.45, 2.75) is 18.5 Å². The van der Waals surface area contributed by atoms with Crippen molar-refractivity contribution in [3.05, 3.63) is 66.0 Å². The van der Waals surface area contributed by atoms with Crippen molar-refractivity contribution < 1.29 is 4.79 Å². The van der Waals surface area contributed by atoms with E-state index >= 15 is 0 Å². The number of benzene rings is 1. The number of urea groups is 1. The van der Waals surface area contributed by atoms with Gasteiger partial charge in [-0.2, -0.15) is 0 Å². The van der Waals surface area contributed by atoms with Crippen LogP contribution >= 0.6 is 0 Å². The molecule has 0 saturated carbocycles. The molecule has 0 aliphatic carbocycles. The molecule has 110 valence electrons. The van der Waals surface area contributed by atoms with E-state index in [1.165, 1.54) is 11.1 Å². The van der Waals surface area contributed by atoms with Crippen LogP contribution in [-0.4, -0.2) is 34.1 Å². The fourth-order valence-corrected chi connectivity index (χ4v) is 3.16. The Hall–Kier alpha value is -2.62. The van der Waals surface area contributed by atoms with Crippen LogP contribution in [0, 0.1) is 0 Å². The number of rotatable bonds is 0. The van der Waals surface area contributed by atoms with E-state index in [1.54, 1.807) is 11.1 Å². The molecule has 4 heteroatoms. The number of allylic oxidation sites excluding steroid dienone is 2. The van der Waals surface area contributed by atoms with Crippen LogP contribution in [0.3, 0.4) is 0 Å². The van der Waals surface area contributed by atoms with Gasteiger partial charge >= 0.3 is 6.03 Å². The van der Waals surface area contributed by atoms with Gasteiger partial charge in [-0.3, -0.25) is 4.90 Å². The fraction of sp³-hybridized carbons (Fsp3) is 0.222. The number of aliphatic imine (C=N–C) groups is 1. The summed E-state index contributed by atoms with van der Waals surface area (Å²) in [5.74, 6) is 0. The molecule has 4 bridgehead atoms. The molecule has 0 fully saturated rings. The van der Waals surface area contributed by atoms with E-state index in [-0.39, 0.29) is 6.03 Å². The molecule has 2 amide bonds. The third-order valence-corrected chi connectivity index (χ3v) is 4.40. The smallest absolute Gasteiger partial charge is 0.348 e. The molecule has 5 rings (SSSR count). The summed E-state index contributed by atoms with van der Waals surface area (Å²) in [5, 5.41) is 0. The van der Waals surface area contributed by atoms with Gasteiger partial charge < -0.3 is 4.90 Å². The van der Waals surface area contributed by atoms with Crippen LogP contribution in [-0.2, 0) is 6.54 Å². The molecule has 1 unspecified atom stereocenters. The second-order valence-electron chi connectivity index (χ2n) is 5.88. The molecule has 22 heavy (non-hydrogen) atoms. The van der Waals surface area contributed by atoms with Crippen LogP contribution in [0.5, 0.6) is 0 Å². The van der Waals surface area contributed by atoms with Gasteiger partial charge in [0.15, 0.2) is 0 Å². The monoisotopic (exact) mass is 291 g/mol. The highest BCUT2D eigenvalue weighted by Crippen LogP contribution is 2.30. The van der Waals surface area contributed by atoms with Gasteiger partial charge in [-0.15, -0.1) is 0 Å². The second-order valence-corrected chi connectivity index (χ2v) is 5.88. The molecule has 0 N–H and O–H groups in total. The van der Waals surface area contributed by atoms with Crippen LogP contribution in [0.1, 0.15) is 17.5 Å².